The summed E-state index contributed by atoms with van der Waals surface area (Å²) in [6, 6.07) is 19.0. The Bertz CT molecular complexity index is 1170. The second-order valence-corrected chi connectivity index (χ2v) is 7.04. The van der Waals surface area contributed by atoms with Crippen molar-refractivity contribution in [1.29, 1.82) is 0 Å². The molecule has 0 unspecified atom stereocenters. The molecule has 4 rings (SSSR count). The molecular formula is C24H23N9. The third-order valence-corrected chi connectivity index (χ3v) is 4.63. The van der Waals surface area contributed by atoms with E-state index in [4.69, 9.17) is 0 Å². The van der Waals surface area contributed by atoms with Gasteiger partial charge in [0.25, 0.3) is 0 Å². The zero-order valence-corrected chi connectivity index (χ0v) is 18.3. The monoisotopic (exact) mass is 437 g/mol. The van der Waals surface area contributed by atoms with Crippen molar-refractivity contribution in [2.75, 3.05) is 16.2 Å². The molecule has 0 aliphatic carbocycles. The van der Waals surface area contributed by atoms with E-state index < -0.39 is 0 Å². The van der Waals surface area contributed by atoms with Crippen molar-refractivity contribution in [3.05, 3.63) is 96.6 Å². The van der Waals surface area contributed by atoms with Gasteiger partial charge in [-0.3, -0.25) is 20.8 Å². The second kappa shape index (κ2) is 10.6. The summed E-state index contributed by atoms with van der Waals surface area (Å²) in [5.74, 6) is 1.43. The summed E-state index contributed by atoms with van der Waals surface area (Å²) in [5.41, 5.74) is 10.4. The minimum absolute atomic E-state index is 0.405. The fourth-order valence-electron chi connectivity index (χ4n) is 2.87. The molecule has 3 heterocycles. The number of pyridine rings is 2. The van der Waals surface area contributed by atoms with Crippen LogP contribution in [0.25, 0.3) is 0 Å². The fourth-order valence-corrected chi connectivity index (χ4v) is 2.87. The summed E-state index contributed by atoms with van der Waals surface area (Å²) >= 11 is 0. The van der Waals surface area contributed by atoms with Crippen LogP contribution in [0.2, 0.25) is 0 Å². The summed E-state index contributed by atoms with van der Waals surface area (Å²) in [6.45, 7) is 3.82. The average molecular weight is 438 g/mol. The number of para-hydroxylation sites is 1. The maximum absolute atomic E-state index is 4.53. The Labute approximate surface area is 191 Å². The molecule has 0 radical (unpaired) electrons. The van der Waals surface area contributed by atoms with Crippen molar-refractivity contribution in [3.63, 3.8) is 0 Å². The van der Waals surface area contributed by atoms with Gasteiger partial charge in [-0.15, -0.1) is 0 Å². The first-order chi connectivity index (χ1) is 16.2. The van der Waals surface area contributed by atoms with Crippen molar-refractivity contribution in [2.24, 2.45) is 10.2 Å². The Morgan fingerprint density at radius 2 is 1.15 bits per heavy atom. The fraction of sp³-hybridized carbons (Fsp3) is 0.0833. The third-order valence-electron chi connectivity index (χ3n) is 4.63. The first-order valence-electron chi connectivity index (χ1n) is 10.3. The number of benzene rings is 1. The maximum atomic E-state index is 4.53. The van der Waals surface area contributed by atoms with E-state index in [-0.39, 0.29) is 0 Å². The lowest BCUT2D eigenvalue weighted by molar-refractivity contribution is 1.12. The highest BCUT2D eigenvalue weighted by Crippen LogP contribution is 2.19. The van der Waals surface area contributed by atoms with Crippen molar-refractivity contribution in [3.8, 4) is 0 Å². The number of nitrogens with one attached hydrogen (secondary N) is 3. The molecule has 33 heavy (non-hydrogen) atoms. The van der Waals surface area contributed by atoms with Crippen LogP contribution in [0.4, 0.5) is 23.3 Å². The minimum Gasteiger partial charge on any atom is -0.324 e. The summed E-state index contributed by atoms with van der Waals surface area (Å²) in [6.07, 6.45) is 6.91. The van der Waals surface area contributed by atoms with Crippen molar-refractivity contribution >= 4 is 34.7 Å². The van der Waals surface area contributed by atoms with Crippen molar-refractivity contribution < 1.29 is 0 Å². The number of anilines is 4. The van der Waals surface area contributed by atoms with Gasteiger partial charge in [0.1, 0.15) is 0 Å². The van der Waals surface area contributed by atoms with Crippen LogP contribution in [0.3, 0.4) is 0 Å². The van der Waals surface area contributed by atoms with Crippen LogP contribution in [0.1, 0.15) is 25.0 Å². The number of rotatable bonds is 8. The lowest BCUT2D eigenvalue weighted by Gasteiger charge is -2.10. The molecule has 3 aromatic heterocycles. The molecule has 0 saturated carbocycles. The molecule has 0 amide bonds. The predicted molar refractivity (Wildman–Crippen MR) is 132 cm³/mol. The first-order valence-corrected chi connectivity index (χ1v) is 10.3. The summed E-state index contributed by atoms with van der Waals surface area (Å²) in [4.78, 5) is 17.1. The van der Waals surface area contributed by atoms with Gasteiger partial charge in [-0.2, -0.15) is 20.2 Å². The summed E-state index contributed by atoms with van der Waals surface area (Å²) in [7, 11) is 0. The Hall–Kier alpha value is -4.66. The molecule has 0 saturated heterocycles. The van der Waals surface area contributed by atoms with E-state index in [0.717, 1.165) is 28.2 Å². The number of hydrazone groups is 2. The van der Waals surface area contributed by atoms with E-state index in [9.17, 15) is 0 Å². The minimum atomic E-state index is 0.405. The second-order valence-electron chi connectivity index (χ2n) is 7.04. The normalized spacial score (nSPS) is 11.7. The van der Waals surface area contributed by atoms with Gasteiger partial charge in [0.05, 0.1) is 11.4 Å². The number of hydrogen-bond donors (Lipinski definition) is 3. The van der Waals surface area contributed by atoms with E-state index in [2.05, 4.69) is 46.3 Å². The molecule has 9 heteroatoms. The molecule has 164 valence electrons. The highest BCUT2D eigenvalue weighted by atomic mass is 15.4. The molecule has 0 spiro atoms. The van der Waals surface area contributed by atoms with E-state index >= 15 is 0 Å². The van der Waals surface area contributed by atoms with Crippen LogP contribution in [0, 0.1) is 0 Å². The molecule has 4 aromatic rings. The molecule has 9 nitrogen and oxygen atoms in total. The van der Waals surface area contributed by atoms with Gasteiger partial charge >= 0.3 is 0 Å². The molecule has 0 bridgehead atoms. The highest BCUT2D eigenvalue weighted by molar-refractivity contribution is 5.99. The molecule has 0 aliphatic rings. The first kappa shape index (κ1) is 21.6. The van der Waals surface area contributed by atoms with Crippen LogP contribution < -0.4 is 16.2 Å². The lowest BCUT2D eigenvalue weighted by Crippen LogP contribution is -2.06. The Balaban J connectivity index is 1.59. The molecule has 0 aliphatic heterocycles. The average Bonchev–Trinajstić information content (AvgIpc) is 2.87. The predicted octanol–water partition coefficient (Wildman–Crippen LogP) is 4.68. The van der Waals surface area contributed by atoms with Crippen molar-refractivity contribution in [2.45, 2.75) is 13.8 Å². The molecular weight excluding hydrogens is 414 g/mol. The largest absolute Gasteiger partial charge is 0.324 e. The van der Waals surface area contributed by atoms with E-state index in [0.29, 0.717) is 17.6 Å². The van der Waals surface area contributed by atoms with Crippen LogP contribution in [0.15, 0.2) is 95.7 Å². The Morgan fingerprint density at radius 3 is 1.64 bits per heavy atom. The quantitative estimate of drug-likeness (QED) is 0.271. The van der Waals surface area contributed by atoms with Gasteiger partial charge in [0.15, 0.2) is 11.6 Å². The summed E-state index contributed by atoms with van der Waals surface area (Å²) in [5, 5.41) is 12.1. The molecule has 0 atom stereocenters. The lowest BCUT2D eigenvalue weighted by atomic mass is 10.2. The van der Waals surface area contributed by atoms with Gasteiger partial charge in [-0.05, 0) is 50.2 Å². The molecule has 0 fully saturated rings. The SMILES string of the molecule is CC(=NNc1cc(NN=C(C)c2ccncc2)nc(Nc2ccccc2)n1)c1ccncc1. The van der Waals surface area contributed by atoms with Crippen LogP contribution in [0.5, 0.6) is 0 Å². The number of hydrogen-bond acceptors (Lipinski definition) is 9. The smallest absolute Gasteiger partial charge is 0.231 e. The number of aromatic nitrogens is 4. The Morgan fingerprint density at radius 1 is 0.667 bits per heavy atom. The van der Waals surface area contributed by atoms with Gasteiger partial charge < -0.3 is 5.32 Å². The van der Waals surface area contributed by atoms with Crippen LogP contribution in [-0.4, -0.2) is 31.4 Å². The zero-order valence-electron chi connectivity index (χ0n) is 18.3. The van der Waals surface area contributed by atoms with Crippen LogP contribution in [-0.2, 0) is 0 Å². The topological polar surface area (TPSA) is 112 Å². The van der Waals surface area contributed by atoms with Gasteiger partial charge in [0, 0.05) is 47.7 Å². The molecule has 1 aromatic carbocycles. The van der Waals surface area contributed by atoms with E-state index in [1.54, 1.807) is 30.9 Å². The van der Waals surface area contributed by atoms with Gasteiger partial charge in [-0.25, -0.2) is 0 Å². The summed E-state index contributed by atoms with van der Waals surface area (Å²) < 4.78 is 0. The van der Waals surface area contributed by atoms with E-state index in [1.165, 1.54) is 0 Å². The molecule has 3 N–H and O–H groups in total. The third kappa shape index (κ3) is 6.17. The van der Waals surface area contributed by atoms with Crippen LogP contribution >= 0.6 is 0 Å². The Kier molecular flexibility index (Phi) is 6.92. The van der Waals surface area contributed by atoms with Gasteiger partial charge in [-0.1, -0.05) is 18.2 Å². The maximum Gasteiger partial charge on any atom is 0.231 e. The van der Waals surface area contributed by atoms with Gasteiger partial charge in [0.2, 0.25) is 5.95 Å². The standard InChI is InChI=1S/C24H23N9/c1-17(19-8-12-25-13-9-19)30-32-22-16-23(33-31-18(2)20-10-14-26-15-11-20)29-24(28-22)27-21-6-4-3-5-7-21/h3-16H,1-2H3,(H3,27,28,29,32,33). The van der Waals surface area contributed by atoms with E-state index in [1.807, 2.05) is 68.4 Å². The number of nitrogens with zero attached hydrogens (tertiary/aromatic N) is 6. The highest BCUT2D eigenvalue weighted by Gasteiger charge is 2.06. The zero-order chi connectivity index (χ0) is 22.9. The van der Waals surface area contributed by atoms with Crippen molar-refractivity contribution in [1.82, 2.24) is 19.9 Å².